The maximum Gasteiger partial charge on any atom is 0.416 e. The minimum atomic E-state index is -1.22. The minimum absolute atomic E-state index is 0.0205. The maximum atomic E-state index is 13.0. The Morgan fingerprint density at radius 2 is 1.68 bits per heavy atom. The van der Waals surface area contributed by atoms with Gasteiger partial charge in [-0.25, -0.2) is 24.5 Å². The second-order valence-corrected chi connectivity index (χ2v) is 8.29. The second kappa shape index (κ2) is 8.47. The zero-order valence-corrected chi connectivity index (χ0v) is 18.5. The molecule has 0 aliphatic heterocycles. The molecule has 4 rings (SSSR count). The van der Waals surface area contributed by atoms with E-state index in [1.54, 1.807) is 13.8 Å². The largest absolute Gasteiger partial charge is 0.476 e. The molecule has 7 nitrogen and oxygen atoms in total. The Morgan fingerprint density at radius 1 is 1.10 bits per heavy atom. The number of benzene rings is 2. The molecule has 3 aromatic rings. The number of carbonyl (C=O) groups excluding carboxylic acids is 1. The number of carboxylic acids is 1. The Bertz CT molecular complexity index is 1120. The average Bonchev–Trinajstić information content (AvgIpc) is 3.07. The number of aromatic carboxylic acids is 1. The van der Waals surface area contributed by atoms with Crippen LogP contribution in [0.25, 0.3) is 11.1 Å². The van der Waals surface area contributed by atoms with E-state index in [0.29, 0.717) is 0 Å². The van der Waals surface area contributed by atoms with Crippen LogP contribution in [0, 0.1) is 0 Å². The second-order valence-electron chi connectivity index (χ2n) is 7.44. The van der Waals surface area contributed by atoms with Crippen molar-refractivity contribution in [3.8, 4) is 11.1 Å². The summed E-state index contributed by atoms with van der Waals surface area (Å²) in [7, 11) is 0. The van der Waals surface area contributed by atoms with Crippen LogP contribution in [0.4, 0.5) is 10.7 Å². The van der Waals surface area contributed by atoms with E-state index in [4.69, 9.17) is 4.74 Å². The van der Waals surface area contributed by atoms with Crippen LogP contribution in [0.5, 0.6) is 0 Å². The summed E-state index contributed by atoms with van der Waals surface area (Å²) < 4.78 is 5.93. The molecule has 0 bridgehead atoms. The highest BCUT2D eigenvalue weighted by molar-refractivity contribution is 9.10. The van der Waals surface area contributed by atoms with Crippen molar-refractivity contribution in [1.29, 1.82) is 0 Å². The van der Waals surface area contributed by atoms with E-state index < -0.39 is 12.1 Å². The number of aromatic nitrogens is 2. The van der Waals surface area contributed by atoms with Crippen LogP contribution in [0.3, 0.4) is 0 Å². The number of rotatable bonds is 5. The summed E-state index contributed by atoms with van der Waals surface area (Å²) in [5.41, 5.74) is 4.29. The molecule has 0 unspecified atom stereocenters. The highest BCUT2D eigenvalue weighted by Crippen LogP contribution is 2.44. The van der Waals surface area contributed by atoms with E-state index in [-0.39, 0.29) is 34.7 Å². The SMILES string of the molecule is CC(C)N(C(=O)OCC1c2ccccc2-c2ccccc21)c1ncc(Br)c(C(=O)O)n1. The molecule has 0 saturated heterocycles. The summed E-state index contributed by atoms with van der Waals surface area (Å²) >= 11 is 3.12. The smallest absolute Gasteiger partial charge is 0.416 e. The predicted molar refractivity (Wildman–Crippen MR) is 119 cm³/mol. The Kier molecular flexibility index (Phi) is 5.73. The van der Waals surface area contributed by atoms with Gasteiger partial charge in [0.05, 0.1) is 4.47 Å². The summed E-state index contributed by atoms with van der Waals surface area (Å²) in [6, 6.07) is 15.8. The fourth-order valence-electron chi connectivity index (χ4n) is 3.81. The maximum absolute atomic E-state index is 13.0. The average molecular weight is 482 g/mol. The Balaban J connectivity index is 1.59. The molecule has 1 heterocycles. The molecule has 1 amide bonds. The van der Waals surface area contributed by atoms with Gasteiger partial charge in [-0.3, -0.25) is 0 Å². The topological polar surface area (TPSA) is 92.6 Å². The number of ether oxygens (including phenoxy) is 1. The molecule has 1 aromatic heterocycles. The van der Waals surface area contributed by atoms with Gasteiger partial charge in [-0.1, -0.05) is 48.5 Å². The molecule has 0 saturated carbocycles. The van der Waals surface area contributed by atoms with Crippen molar-refractivity contribution in [2.24, 2.45) is 0 Å². The standard InChI is InChI=1S/C23H20BrN3O4/c1-13(2)27(22-25-11-19(24)20(26-22)21(28)29)23(30)31-12-18-16-9-5-3-7-14(16)15-8-4-6-10-17(15)18/h3-11,13,18H,12H2,1-2H3,(H,28,29). The van der Waals surface area contributed by atoms with E-state index in [1.807, 2.05) is 36.4 Å². The lowest BCUT2D eigenvalue weighted by Crippen LogP contribution is -2.39. The lowest BCUT2D eigenvalue weighted by atomic mass is 9.98. The highest BCUT2D eigenvalue weighted by atomic mass is 79.9. The first-order valence-electron chi connectivity index (χ1n) is 9.78. The molecule has 1 N–H and O–H groups in total. The number of carbonyl (C=O) groups is 2. The molecule has 31 heavy (non-hydrogen) atoms. The van der Waals surface area contributed by atoms with Gasteiger partial charge >= 0.3 is 12.1 Å². The van der Waals surface area contributed by atoms with E-state index in [2.05, 4.69) is 38.0 Å². The summed E-state index contributed by atoms with van der Waals surface area (Å²) in [5, 5.41) is 9.33. The number of fused-ring (bicyclic) bond motifs is 3. The molecule has 158 valence electrons. The third-order valence-electron chi connectivity index (χ3n) is 5.20. The number of hydrogen-bond donors (Lipinski definition) is 1. The van der Waals surface area contributed by atoms with Gasteiger partial charge in [-0.2, -0.15) is 0 Å². The fraction of sp³-hybridized carbons (Fsp3) is 0.217. The normalized spacial score (nSPS) is 12.4. The lowest BCUT2D eigenvalue weighted by Gasteiger charge is -2.25. The van der Waals surface area contributed by atoms with E-state index in [9.17, 15) is 14.7 Å². The number of hydrogen-bond acceptors (Lipinski definition) is 5. The van der Waals surface area contributed by atoms with Gasteiger partial charge in [0.25, 0.3) is 0 Å². The minimum Gasteiger partial charge on any atom is -0.476 e. The van der Waals surface area contributed by atoms with Gasteiger partial charge in [0.1, 0.15) is 6.61 Å². The van der Waals surface area contributed by atoms with Crippen molar-refractivity contribution >= 4 is 33.9 Å². The molecule has 2 aromatic carbocycles. The Labute approximate surface area is 187 Å². The van der Waals surface area contributed by atoms with Crippen molar-refractivity contribution < 1.29 is 19.4 Å². The molecule has 0 spiro atoms. The molecule has 0 fully saturated rings. The molecule has 0 radical (unpaired) electrons. The van der Waals surface area contributed by atoms with E-state index >= 15 is 0 Å². The van der Waals surface area contributed by atoms with Gasteiger partial charge in [-0.15, -0.1) is 0 Å². The zero-order chi connectivity index (χ0) is 22.1. The van der Waals surface area contributed by atoms with Gasteiger partial charge in [0, 0.05) is 18.2 Å². The monoisotopic (exact) mass is 481 g/mol. The van der Waals surface area contributed by atoms with Crippen LogP contribution in [-0.4, -0.2) is 39.8 Å². The quantitative estimate of drug-likeness (QED) is 0.544. The van der Waals surface area contributed by atoms with Crippen LogP contribution in [0.2, 0.25) is 0 Å². The predicted octanol–water partition coefficient (Wildman–Crippen LogP) is 5.10. The first kappa shape index (κ1) is 21.0. The molecule has 8 heteroatoms. The first-order chi connectivity index (χ1) is 14.9. The molecular formula is C23H20BrN3O4. The first-order valence-corrected chi connectivity index (χ1v) is 10.6. The van der Waals surface area contributed by atoms with Crippen LogP contribution in [0.15, 0.2) is 59.2 Å². The van der Waals surface area contributed by atoms with Crippen LogP contribution in [-0.2, 0) is 4.74 Å². The Hall–Kier alpha value is -3.26. The van der Waals surface area contributed by atoms with Crippen LogP contribution >= 0.6 is 15.9 Å². The van der Waals surface area contributed by atoms with Crippen molar-refractivity contribution in [2.75, 3.05) is 11.5 Å². The molecule has 0 atom stereocenters. The van der Waals surface area contributed by atoms with E-state index in [1.165, 1.54) is 11.1 Å². The zero-order valence-electron chi connectivity index (χ0n) is 16.9. The number of halogens is 1. The number of nitrogens with zero attached hydrogens (tertiary/aromatic N) is 3. The van der Waals surface area contributed by atoms with Crippen molar-refractivity contribution in [3.05, 3.63) is 76.0 Å². The van der Waals surface area contributed by atoms with E-state index in [0.717, 1.165) is 22.3 Å². The van der Waals surface area contributed by atoms with Gasteiger partial charge < -0.3 is 9.84 Å². The summed E-state index contributed by atoms with van der Waals surface area (Å²) in [6.07, 6.45) is 0.688. The highest BCUT2D eigenvalue weighted by Gasteiger charge is 2.31. The summed E-state index contributed by atoms with van der Waals surface area (Å²) in [5.74, 6) is -1.31. The Morgan fingerprint density at radius 3 is 2.23 bits per heavy atom. The van der Waals surface area contributed by atoms with Crippen LogP contribution in [0.1, 0.15) is 41.4 Å². The number of amides is 1. The fourth-order valence-corrected chi connectivity index (χ4v) is 4.17. The van der Waals surface area contributed by atoms with Crippen molar-refractivity contribution in [2.45, 2.75) is 25.8 Å². The molecule has 1 aliphatic rings. The molecular weight excluding hydrogens is 462 g/mol. The van der Waals surface area contributed by atoms with Gasteiger partial charge in [0.2, 0.25) is 5.95 Å². The third kappa shape index (κ3) is 3.90. The lowest BCUT2D eigenvalue weighted by molar-refractivity contribution is 0.0689. The van der Waals surface area contributed by atoms with Crippen molar-refractivity contribution in [3.63, 3.8) is 0 Å². The summed E-state index contributed by atoms with van der Waals surface area (Å²) in [6.45, 7) is 3.72. The van der Waals surface area contributed by atoms with Crippen molar-refractivity contribution in [1.82, 2.24) is 9.97 Å². The number of carboxylic acid groups (broad SMARTS) is 1. The summed E-state index contributed by atoms with van der Waals surface area (Å²) in [4.78, 5) is 33.8. The number of anilines is 1. The third-order valence-corrected chi connectivity index (χ3v) is 5.78. The molecule has 1 aliphatic carbocycles. The van der Waals surface area contributed by atoms with Crippen LogP contribution < -0.4 is 4.90 Å². The van der Waals surface area contributed by atoms with Gasteiger partial charge in [0.15, 0.2) is 5.69 Å². The van der Waals surface area contributed by atoms with Gasteiger partial charge in [-0.05, 0) is 52.0 Å².